The molecule has 19 heavy (non-hydrogen) atoms. The molecule has 3 nitrogen and oxygen atoms in total. The third kappa shape index (κ3) is 3.95. The van der Waals surface area contributed by atoms with Crippen LogP contribution in [-0.2, 0) is 4.79 Å². The van der Waals surface area contributed by atoms with Gasteiger partial charge >= 0.3 is 0 Å². The average molecular weight is 266 g/mol. The van der Waals surface area contributed by atoms with E-state index in [0.717, 1.165) is 13.0 Å². The molecule has 2 aliphatic heterocycles. The number of rotatable bonds is 5. The van der Waals surface area contributed by atoms with Crippen molar-refractivity contribution in [1.82, 2.24) is 10.2 Å². The molecule has 0 spiro atoms. The first-order chi connectivity index (χ1) is 8.95. The number of nitrogens with one attached hydrogen (secondary N) is 1. The number of carbonyl (C=O) groups is 1. The van der Waals surface area contributed by atoms with Crippen LogP contribution >= 0.6 is 0 Å². The fourth-order valence-electron chi connectivity index (χ4n) is 3.70. The van der Waals surface area contributed by atoms with Crippen LogP contribution < -0.4 is 5.32 Å². The van der Waals surface area contributed by atoms with E-state index < -0.39 is 0 Å². The van der Waals surface area contributed by atoms with Crippen molar-refractivity contribution in [3.8, 4) is 0 Å². The Labute approximate surface area is 118 Å². The van der Waals surface area contributed by atoms with Crippen molar-refractivity contribution in [3.05, 3.63) is 0 Å². The Morgan fingerprint density at radius 2 is 1.74 bits per heavy atom. The molecular weight excluding hydrogens is 236 g/mol. The minimum atomic E-state index is 0.327. The number of carbonyl (C=O) groups excluding carboxylic acids is 1. The van der Waals surface area contributed by atoms with Crippen LogP contribution in [0.1, 0.15) is 59.8 Å². The molecule has 3 heteroatoms. The van der Waals surface area contributed by atoms with Crippen LogP contribution in [-0.4, -0.2) is 35.5 Å². The normalized spacial score (nSPS) is 30.1. The average Bonchev–Trinajstić information content (AvgIpc) is 2.65. The lowest BCUT2D eigenvalue weighted by Gasteiger charge is -2.33. The molecule has 0 saturated carbocycles. The van der Waals surface area contributed by atoms with Gasteiger partial charge in [0.1, 0.15) is 0 Å². The summed E-state index contributed by atoms with van der Waals surface area (Å²) in [5.41, 5.74) is 0. The number of amides is 1. The van der Waals surface area contributed by atoms with Crippen molar-refractivity contribution < 1.29 is 4.79 Å². The van der Waals surface area contributed by atoms with Crippen molar-refractivity contribution >= 4 is 5.91 Å². The molecule has 0 aromatic carbocycles. The molecule has 2 fully saturated rings. The summed E-state index contributed by atoms with van der Waals surface area (Å²) in [5.74, 6) is 1.53. The molecule has 0 aromatic rings. The molecule has 1 amide bonds. The summed E-state index contributed by atoms with van der Waals surface area (Å²) in [7, 11) is 0. The van der Waals surface area contributed by atoms with Gasteiger partial charge < -0.3 is 10.2 Å². The fourth-order valence-corrected chi connectivity index (χ4v) is 3.70. The van der Waals surface area contributed by atoms with Gasteiger partial charge in [0.2, 0.25) is 5.91 Å². The van der Waals surface area contributed by atoms with Gasteiger partial charge in [-0.05, 0) is 51.4 Å². The van der Waals surface area contributed by atoms with Gasteiger partial charge in [-0.2, -0.15) is 0 Å². The first-order valence-corrected chi connectivity index (χ1v) is 8.01. The van der Waals surface area contributed by atoms with Crippen molar-refractivity contribution in [2.45, 2.75) is 77.9 Å². The Kier molecular flexibility index (Phi) is 4.88. The number of fused-ring (bicyclic) bond motifs is 2. The maximum Gasteiger partial charge on any atom is 0.223 e. The Hall–Kier alpha value is -0.570. The second kappa shape index (κ2) is 6.25. The molecule has 110 valence electrons. The summed E-state index contributed by atoms with van der Waals surface area (Å²) in [6, 6.07) is 1.71. The number of nitrogens with zero attached hydrogens (tertiary/aromatic N) is 1. The first-order valence-electron chi connectivity index (χ1n) is 8.01. The Bertz CT molecular complexity index is 302. The lowest BCUT2D eigenvalue weighted by molar-refractivity contribution is -0.134. The summed E-state index contributed by atoms with van der Waals surface area (Å²) in [6.07, 6.45) is 5.80. The summed E-state index contributed by atoms with van der Waals surface area (Å²) < 4.78 is 0. The van der Waals surface area contributed by atoms with E-state index >= 15 is 0 Å². The Morgan fingerprint density at radius 1 is 1.16 bits per heavy atom. The minimum Gasteiger partial charge on any atom is -0.340 e. The zero-order valence-corrected chi connectivity index (χ0v) is 13.0. The number of hydrogen-bond acceptors (Lipinski definition) is 2. The molecule has 2 heterocycles. The van der Waals surface area contributed by atoms with Gasteiger partial charge in [0.05, 0.1) is 0 Å². The fraction of sp³-hybridized carbons (Fsp3) is 0.938. The summed E-state index contributed by atoms with van der Waals surface area (Å²) in [4.78, 5) is 14.6. The highest BCUT2D eigenvalue weighted by atomic mass is 16.2. The van der Waals surface area contributed by atoms with E-state index in [-0.39, 0.29) is 0 Å². The third-order valence-electron chi connectivity index (χ3n) is 4.54. The highest BCUT2D eigenvalue weighted by Gasteiger charge is 2.35. The van der Waals surface area contributed by atoms with Crippen molar-refractivity contribution in [3.63, 3.8) is 0 Å². The predicted molar refractivity (Wildman–Crippen MR) is 79.0 cm³/mol. The smallest absolute Gasteiger partial charge is 0.223 e. The van der Waals surface area contributed by atoms with Gasteiger partial charge in [0.25, 0.3) is 0 Å². The molecule has 2 atom stereocenters. The number of hydrogen-bond donors (Lipinski definition) is 1. The molecule has 2 bridgehead atoms. The van der Waals surface area contributed by atoms with E-state index in [9.17, 15) is 4.79 Å². The third-order valence-corrected chi connectivity index (χ3v) is 4.54. The standard InChI is InChI=1S/C16H30N2O/c1-11(2)10-18(12(3)4)16(19)9-13-7-14-5-6-15(8-13)17-14/h11-15,17H,5-10H2,1-4H3. The maximum atomic E-state index is 12.5. The van der Waals surface area contributed by atoms with Crippen molar-refractivity contribution in [1.29, 1.82) is 0 Å². The van der Waals surface area contributed by atoms with Crippen LogP contribution in [0.2, 0.25) is 0 Å². The van der Waals surface area contributed by atoms with E-state index in [0.29, 0.717) is 35.9 Å². The zero-order valence-electron chi connectivity index (χ0n) is 13.0. The van der Waals surface area contributed by atoms with Gasteiger partial charge in [-0.15, -0.1) is 0 Å². The van der Waals surface area contributed by atoms with Crippen LogP contribution in [0.15, 0.2) is 0 Å². The van der Waals surface area contributed by atoms with E-state index in [1.165, 1.54) is 25.7 Å². The SMILES string of the molecule is CC(C)CN(C(=O)CC1CC2CCC(C1)N2)C(C)C. The van der Waals surface area contributed by atoms with Crippen molar-refractivity contribution in [2.75, 3.05) is 6.54 Å². The molecule has 2 saturated heterocycles. The second-order valence-corrected chi connectivity index (χ2v) is 7.21. The molecule has 2 rings (SSSR count). The first kappa shape index (κ1) is 14.8. The van der Waals surface area contributed by atoms with Gasteiger partial charge in [-0.25, -0.2) is 0 Å². The monoisotopic (exact) mass is 266 g/mol. The molecular formula is C16H30N2O. The highest BCUT2D eigenvalue weighted by molar-refractivity contribution is 5.76. The highest BCUT2D eigenvalue weighted by Crippen LogP contribution is 2.33. The van der Waals surface area contributed by atoms with Crippen LogP contribution in [0.3, 0.4) is 0 Å². The molecule has 0 aliphatic carbocycles. The van der Waals surface area contributed by atoms with Gasteiger partial charge in [0.15, 0.2) is 0 Å². The van der Waals surface area contributed by atoms with Crippen LogP contribution in [0.25, 0.3) is 0 Å². The molecule has 0 radical (unpaired) electrons. The van der Waals surface area contributed by atoms with Crippen LogP contribution in [0.4, 0.5) is 0 Å². The Morgan fingerprint density at radius 3 is 2.21 bits per heavy atom. The van der Waals surface area contributed by atoms with E-state index in [1.807, 2.05) is 0 Å². The zero-order chi connectivity index (χ0) is 14.0. The number of piperidine rings is 1. The van der Waals surface area contributed by atoms with Gasteiger partial charge in [-0.1, -0.05) is 13.8 Å². The lowest BCUT2D eigenvalue weighted by Crippen LogP contribution is -2.43. The van der Waals surface area contributed by atoms with E-state index in [4.69, 9.17) is 0 Å². The summed E-state index contributed by atoms with van der Waals surface area (Å²) in [6.45, 7) is 9.54. The van der Waals surface area contributed by atoms with Crippen molar-refractivity contribution in [2.24, 2.45) is 11.8 Å². The van der Waals surface area contributed by atoms with Crippen LogP contribution in [0.5, 0.6) is 0 Å². The second-order valence-electron chi connectivity index (χ2n) is 7.21. The van der Waals surface area contributed by atoms with Crippen LogP contribution in [0, 0.1) is 11.8 Å². The van der Waals surface area contributed by atoms with Gasteiger partial charge in [0, 0.05) is 31.1 Å². The van der Waals surface area contributed by atoms with E-state index in [1.54, 1.807) is 0 Å². The molecule has 2 unspecified atom stereocenters. The molecule has 0 aromatic heterocycles. The van der Waals surface area contributed by atoms with Gasteiger partial charge in [-0.3, -0.25) is 4.79 Å². The molecule has 2 aliphatic rings. The minimum absolute atomic E-state index is 0.327. The predicted octanol–water partition coefficient (Wildman–Crippen LogP) is 2.80. The maximum absolute atomic E-state index is 12.5. The molecule has 1 N–H and O–H groups in total. The quantitative estimate of drug-likeness (QED) is 0.830. The Balaban J connectivity index is 1.88. The summed E-state index contributed by atoms with van der Waals surface area (Å²) in [5, 5.41) is 3.65. The largest absolute Gasteiger partial charge is 0.340 e. The summed E-state index contributed by atoms with van der Waals surface area (Å²) >= 11 is 0. The topological polar surface area (TPSA) is 32.3 Å². The lowest BCUT2D eigenvalue weighted by atomic mass is 9.89. The van der Waals surface area contributed by atoms with E-state index in [2.05, 4.69) is 37.9 Å².